The zero-order valence-corrected chi connectivity index (χ0v) is 13.4. The maximum Gasteiger partial charge on any atom is 0.346 e. The van der Waals surface area contributed by atoms with Crippen molar-refractivity contribution in [1.29, 1.82) is 5.26 Å². The van der Waals surface area contributed by atoms with Gasteiger partial charge in [0.25, 0.3) is 0 Å². The van der Waals surface area contributed by atoms with Gasteiger partial charge in [-0.2, -0.15) is 5.26 Å². The number of carboxylic acid groups (broad SMARTS) is 1. The van der Waals surface area contributed by atoms with Crippen LogP contribution in [0.1, 0.15) is 24.5 Å². The SMILES string of the molecule is CC(=O)N1CCCc2cc(C=CC=CC=C(C#N)C(=O)O)ccc21. The minimum absolute atomic E-state index is 0.0562. The third kappa shape index (κ3) is 4.20. The first-order valence-corrected chi connectivity index (χ1v) is 7.62. The highest BCUT2D eigenvalue weighted by molar-refractivity contribution is 5.93. The van der Waals surface area contributed by atoms with E-state index < -0.39 is 5.97 Å². The van der Waals surface area contributed by atoms with Crippen LogP contribution in [0.4, 0.5) is 5.69 Å². The molecule has 1 amide bonds. The number of rotatable bonds is 4. The van der Waals surface area contributed by atoms with Crippen molar-refractivity contribution in [2.75, 3.05) is 11.4 Å². The molecule has 1 aliphatic heterocycles. The standard InChI is InChI=1S/C19H18N2O3/c1-14(22)21-11-5-8-16-12-15(9-10-18(16)21)6-3-2-4-7-17(13-20)19(23)24/h2-4,6-7,9-10,12H,5,8,11H2,1H3,(H,23,24). The van der Waals surface area contributed by atoms with E-state index in [0.29, 0.717) is 0 Å². The second-order valence-corrected chi connectivity index (χ2v) is 5.40. The first kappa shape index (κ1) is 17.2. The van der Waals surface area contributed by atoms with Crippen LogP contribution in [0.3, 0.4) is 0 Å². The first-order chi connectivity index (χ1) is 11.5. The van der Waals surface area contributed by atoms with Gasteiger partial charge in [-0.15, -0.1) is 0 Å². The van der Waals surface area contributed by atoms with Gasteiger partial charge in [-0.1, -0.05) is 30.4 Å². The molecule has 5 nitrogen and oxygen atoms in total. The minimum Gasteiger partial charge on any atom is -0.477 e. The van der Waals surface area contributed by atoms with E-state index in [2.05, 4.69) is 6.07 Å². The Balaban J connectivity index is 2.11. The maximum absolute atomic E-state index is 11.7. The summed E-state index contributed by atoms with van der Waals surface area (Å²) in [7, 11) is 0. The van der Waals surface area contributed by atoms with E-state index in [1.807, 2.05) is 18.2 Å². The summed E-state index contributed by atoms with van der Waals surface area (Å²) in [4.78, 5) is 24.1. The number of amides is 1. The van der Waals surface area contributed by atoms with E-state index in [9.17, 15) is 9.59 Å². The zero-order valence-electron chi connectivity index (χ0n) is 13.4. The molecule has 1 aromatic rings. The van der Waals surface area contributed by atoms with Gasteiger partial charge in [-0.05, 0) is 42.2 Å². The quantitative estimate of drug-likeness (QED) is 0.525. The number of carboxylic acids is 1. The molecular weight excluding hydrogens is 304 g/mol. The Morgan fingerprint density at radius 1 is 1.29 bits per heavy atom. The summed E-state index contributed by atoms with van der Waals surface area (Å²) in [5, 5.41) is 17.3. The van der Waals surface area contributed by atoms with Crippen LogP contribution >= 0.6 is 0 Å². The van der Waals surface area contributed by atoms with E-state index in [-0.39, 0.29) is 11.5 Å². The predicted octanol–water partition coefficient (Wildman–Crippen LogP) is 3.09. The summed E-state index contributed by atoms with van der Waals surface area (Å²) >= 11 is 0. The second kappa shape index (κ2) is 7.93. The summed E-state index contributed by atoms with van der Waals surface area (Å²) in [5.74, 6) is -1.18. The molecule has 1 heterocycles. The van der Waals surface area contributed by atoms with Gasteiger partial charge in [-0.3, -0.25) is 4.79 Å². The molecule has 0 aromatic heterocycles. The summed E-state index contributed by atoms with van der Waals surface area (Å²) < 4.78 is 0. The molecule has 122 valence electrons. The molecule has 0 bridgehead atoms. The van der Waals surface area contributed by atoms with Crippen LogP contribution in [0.2, 0.25) is 0 Å². The smallest absolute Gasteiger partial charge is 0.346 e. The molecule has 5 heteroatoms. The number of anilines is 1. The summed E-state index contributed by atoms with van der Waals surface area (Å²) in [5.41, 5.74) is 2.83. The Bertz CT molecular complexity index is 782. The fraction of sp³-hybridized carbons (Fsp3) is 0.211. The van der Waals surface area contributed by atoms with Gasteiger partial charge in [-0.25, -0.2) is 4.79 Å². The number of aliphatic carboxylic acids is 1. The van der Waals surface area contributed by atoms with Gasteiger partial charge in [0.05, 0.1) is 0 Å². The number of carbonyl (C=O) groups is 2. The number of carbonyl (C=O) groups excluding carboxylic acids is 1. The largest absolute Gasteiger partial charge is 0.477 e. The van der Waals surface area contributed by atoms with Gasteiger partial charge in [0, 0.05) is 19.2 Å². The Morgan fingerprint density at radius 3 is 2.75 bits per heavy atom. The molecule has 0 fully saturated rings. The molecule has 1 N–H and O–H groups in total. The number of hydrogen-bond donors (Lipinski definition) is 1. The predicted molar refractivity (Wildman–Crippen MR) is 92.3 cm³/mol. The van der Waals surface area contributed by atoms with Crippen LogP contribution in [0.15, 0.2) is 48.1 Å². The van der Waals surface area contributed by atoms with E-state index in [1.165, 1.54) is 12.2 Å². The van der Waals surface area contributed by atoms with Crippen LogP contribution in [0.25, 0.3) is 6.08 Å². The van der Waals surface area contributed by atoms with E-state index in [1.54, 1.807) is 30.0 Å². The number of aryl methyl sites for hydroxylation is 1. The molecule has 0 saturated carbocycles. The average Bonchev–Trinajstić information content (AvgIpc) is 2.56. The molecule has 1 aromatic carbocycles. The molecule has 0 atom stereocenters. The fourth-order valence-electron chi connectivity index (χ4n) is 2.59. The van der Waals surface area contributed by atoms with Crippen LogP contribution in [0.5, 0.6) is 0 Å². The highest BCUT2D eigenvalue weighted by atomic mass is 16.4. The third-order valence-electron chi connectivity index (χ3n) is 3.73. The topological polar surface area (TPSA) is 81.4 Å². The number of nitrogens with zero attached hydrogens (tertiary/aromatic N) is 2. The van der Waals surface area contributed by atoms with E-state index in [4.69, 9.17) is 10.4 Å². The van der Waals surface area contributed by atoms with Crippen molar-refractivity contribution < 1.29 is 14.7 Å². The summed E-state index contributed by atoms with van der Waals surface area (Å²) in [6.45, 7) is 2.34. The molecular formula is C19H18N2O3. The van der Waals surface area contributed by atoms with Crippen LogP contribution < -0.4 is 4.90 Å². The number of allylic oxidation sites excluding steroid dienone is 4. The van der Waals surface area contributed by atoms with Crippen molar-refractivity contribution in [1.82, 2.24) is 0 Å². The average molecular weight is 322 g/mol. The third-order valence-corrected chi connectivity index (χ3v) is 3.73. The summed E-state index contributed by atoms with van der Waals surface area (Å²) in [6.07, 6.45) is 10.0. The van der Waals surface area contributed by atoms with Gasteiger partial charge < -0.3 is 10.0 Å². The number of hydrogen-bond acceptors (Lipinski definition) is 3. The lowest BCUT2D eigenvalue weighted by molar-refractivity contribution is -0.132. The molecule has 0 spiro atoms. The molecule has 0 radical (unpaired) electrons. The van der Waals surface area contributed by atoms with Gasteiger partial charge >= 0.3 is 5.97 Å². The highest BCUT2D eigenvalue weighted by Gasteiger charge is 2.19. The van der Waals surface area contributed by atoms with Gasteiger partial charge in [0.15, 0.2) is 0 Å². The lowest BCUT2D eigenvalue weighted by atomic mass is 9.99. The lowest BCUT2D eigenvalue weighted by Gasteiger charge is -2.28. The molecule has 1 aliphatic rings. The normalized spacial score (nSPS) is 14.7. The number of benzene rings is 1. The Hall–Kier alpha value is -3.13. The van der Waals surface area contributed by atoms with Crippen molar-refractivity contribution in [2.24, 2.45) is 0 Å². The summed E-state index contributed by atoms with van der Waals surface area (Å²) in [6, 6.07) is 7.57. The molecule has 0 saturated heterocycles. The molecule has 2 rings (SSSR count). The molecule has 0 aliphatic carbocycles. The number of fused-ring (bicyclic) bond motifs is 1. The molecule has 0 unspecified atom stereocenters. The van der Waals surface area contributed by atoms with Gasteiger partial charge in [0.2, 0.25) is 5.91 Å². The van der Waals surface area contributed by atoms with Crippen molar-refractivity contribution in [2.45, 2.75) is 19.8 Å². The Morgan fingerprint density at radius 2 is 2.08 bits per heavy atom. The van der Waals surface area contributed by atoms with Crippen LogP contribution in [-0.4, -0.2) is 23.5 Å². The fourth-order valence-corrected chi connectivity index (χ4v) is 2.59. The maximum atomic E-state index is 11.7. The Kier molecular flexibility index (Phi) is 5.69. The lowest BCUT2D eigenvalue weighted by Crippen LogP contribution is -2.33. The first-order valence-electron chi connectivity index (χ1n) is 7.62. The highest BCUT2D eigenvalue weighted by Crippen LogP contribution is 2.28. The van der Waals surface area contributed by atoms with E-state index in [0.717, 1.165) is 36.2 Å². The van der Waals surface area contributed by atoms with Gasteiger partial charge in [0.1, 0.15) is 11.6 Å². The monoisotopic (exact) mass is 322 g/mol. The van der Waals surface area contributed by atoms with Crippen molar-refractivity contribution in [3.05, 3.63) is 59.2 Å². The van der Waals surface area contributed by atoms with Crippen molar-refractivity contribution >= 4 is 23.6 Å². The molecule has 24 heavy (non-hydrogen) atoms. The van der Waals surface area contributed by atoms with Crippen LogP contribution in [-0.2, 0) is 16.0 Å². The minimum atomic E-state index is -1.24. The van der Waals surface area contributed by atoms with Crippen LogP contribution in [0, 0.1) is 11.3 Å². The number of nitriles is 1. The second-order valence-electron chi connectivity index (χ2n) is 5.40. The van der Waals surface area contributed by atoms with E-state index >= 15 is 0 Å². The zero-order chi connectivity index (χ0) is 17.5. The van der Waals surface area contributed by atoms with Crippen molar-refractivity contribution in [3.8, 4) is 6.07 Å². The van der Waals surface area contributed by atoms with Crippen molar-refractivity contribution in [3.63, 3.8) is 0 Å². The Labute approximate surface area is 140 Å².